The number of thiophene rings is 1. The Balaban J connectivity index is 1.67. The van der Waals surface area contributed by atoms with Gasteiger partial charge in [0.25, 0.3) is 0 Å². The molecule has 3 heterocycles. The van der Waals surface area contributed by atoms with Crippen LogP contribution in [0.2, 0.25) is 0 Å². The molecule has 0 amide bonds. The van der Waals surface area contributed by atoms with E-state index < -0.39 is 0 Å². The van der Waals surface area contributed by atoms with E-state index in [1.807, 2.05) is 29.6 Å². The van der Waals surface area contributed by atoms with Gasteiger partial charge in [0.15, 0.2) is 0 Å². The van der Waals surface area contributed by atoms with Crippen molar-refractivity contribution in [3.63, 3.8) is 0 Å². The molecular formula is C18H25N3O2S. The molecular weight excluding hydrogens is 322 g/mol. The summed E-state index contributed by atoms with van der Waals surface area (Å²) in [5.41, 5.74) is 0.952. The Labute approximate surface area is 147 Å². The number of likely N-dealkylation sites (tertiary alicyclic amines) is 1. The van der Waals surface area contributed by atoms with Gasteiger partial charge in [-0.15, -0.1) is 16.4 Å². The Bertz CT molecular complexity index is 603. The molecule has 0 bridgehead atoms. The maximum Gasteiger partial charge on any atom is 0.233 e. The molecule has 1 N–H and O–H groups in total. The molecule has 0 aromatic carbocycles. The van der Waals surface area contributed by atoms with Crippen LogP contribution in [-0.2, 0) is 6.54 Å². The van der Waals surface area contributed by atoms with Crippen molar-refractivity contribution >= 4 is 11.3 Å². The predicted molar refractivity (Wildman–Crippen MR) is 95.1 cm³/mol. The van der Waals surface area contributed by atoms with Crippen LogP contribution in [0.3, 0.4) is 0 Å². The highest BCUT2D eigenvalue weighted by molar-refractivity contribution is 7.10. The summed E-state index contributed by atoms with van der Waals surface area (Å²) >= 11 is 1.63. The summed E-state index contributed by atoms with van der Waals surface area (Å²) in [6.07, 6.45) is 5.23. The highest BCUT2D eigenvalue weighted by Crippen LogP contribution is 2.29. The summed E-state index contributed by atoms with van der Waals surface area (Å²) in [7, 11) is 1.60. The van der Waals surface area contributed by atoms with Crippen LogP contribution in [0.5, 0.6) is 5.88 Å². The van der Waals surface area contributed by atoms with Crippen molar-refractivity contribution in [2.75, 3.05) is 13.7 Å². The van der Waals surface area contributed by atoms with Gasteiger partial charge in [-0.2, -0.15) is 5.10 Å². The maximum absolute atomic E-state index is 10.5. The number of hydrogen-bond donors (Lipinski definition) is 1. The number of aliphatic hydroxyl groups excluding tert-OH is 1. The molecule has 2 aromatic heterocycles. The first kappa shape index (κ1) is 17.3. The van der Waals surface area contributed by atoms with E-state index in [-0.39, 0.29) is 6.10 Å². The van der Waals surface area contributed by atoms with Gasteiger partial charge in [-0.05, 0) is 43.3 Å². The summed E-state index contributed by atoms with van der Waals surface area (Å²) in [4.78, 5) is 3.52. The molecule has 24 heavy (non-hydrogen) atoms. The fourth-order valence-electron chi connectivity index (χ4n) is 3.32. The Hall–Kier alpha value is -1.50. The minimum atomic E-state index is -0.377. The molecule has 1 fully saturated rings. The molecule has 3 rings (SSSR count). The standard InChI is InChI=1S/C18H25N3O2S/c1-23-18-9-8-14(19-20-18)13-21-10-4-2-3-6-15(21)12-16(22)17-7-5-11-24-17/h5,7-9,11,15-16,22H,2-4,6,10,12-13H2,1H3. The van der Waals surface area contributed by atoms with Crippen LogP contribution < -0.4 is 4.74 Å². The van der Waals surface area contributed by atoms with Crippen molar-refractivity contribution in [3.8, 4) is 5.88 Å². The van der Waals surface area contributed by atoms with E-state index >= 15 is 0 Å². The lowest BCUT2D eigenvalue weighted by Crippen LogP contribution is -2.35. The van der Waals surface area contributed by atoms with Gasteiger partial charge in [-0.3, -0.25) is 4.90 Å². The summed E-state index contributed by atoms with van der Waals surface area (Å²) < 4.78 is 5.08. The Kier molecular flexibility index (Phi) is 6.18. The van der Waals surface area contributed by atoms with E-state index in [2.05, 4.69) is 15.1 Å². The van der Waals surface area contributed by atoms with Gasteiger partial charge >= 0.3 is 0 Å². The van der Waals surface area contributed by atoms with Gasteiger partial charge in [0.1, 0.15) is 0 Å². The molecule has 5 nitrogen and oxygen atoms in total. The van der Waals surface area contributed by atoms with Gasteiger partial charge < -0.3 is 9.84 Å². The van der Waals surface area contributed by atoms with E-state index in [1.165, 1.54) is 19.3 Å². The number of hydrogen-bond acceptors (Lipinski definition) is 6. The zero-order valence-corrected chi connectivity index (χ0v) is 14.9. The van der Waals surface area contributed by atoms with Crippen molar-refractivity contribution in [1.29, 1.82) is 0 Å². The van der Waals surface area contributed by atoms with Gasteiger partial charge in [0.2, 0.25) is 5.88 Å². The van der Waals surface area contributed by atoms with Crippen LogP contribution in [0.1, 0.15) is 48.8 Å². The van der Waals surface area contributed by atoms with Crippen molar-refractivity contribution in [2.45, 2.75) is 50.8 Å². The molecule has 6 heteroatoms. The second kappa shape index (κ2) is 8.55. The first-order valence-corrected chi connectivity index (χ1v) is 9.46. The summed E-state index contributed by atoms with van der Waals surface area (Å²) in [5, 5.41) is 20.9. The van der Waals surface area contributed by atoms with E-state index in [0.717, 1.165) is 36.5 Å². The number of aromatic nitrogens is 2. The fraction of sp³-hybridized carbons (Fsp3) is 0.556. The monoisotopic (exact) mass is 347 g/mol. The Morgan fingerprint density at radius 2 is 2.21 bits per heavy atom. The fourth-order valence-corrected chi connectivity index (χ4v) is 4.04. The van der Waals surface area contributed by atoms with Crippen LogP contribution in [0, 0.1) is 0 Å². The first-order valence-electron chi connectivity index (χ1n) is 8.58. The predicted octanol–water partition coefficient (Wildman–Crippen LogP) is 3.42. The number of ether oxygens (including phenoxy) is 1. The average Bonchev–Trinajstić information content (AvgIpc) is 3.07. The van der Waals surface area contributed by atoms with Crippen LogP contribution in [-0.4, -0.2) is 39.9 Å². The lowest BCUT2D eigenvalue weighted by molar-refractivity contribution is 0.0986. The van der Waals surface area contributed by atoms with E-state index in [1.54, 1.807) is 18.4 Å². The molecule has 2 aromatic rings. The van der Waals surface area contributed by atoms with Crippen molar-refractivity contribution < 1.29 is 9.84 Å². The smallest absolute Gasteiger partial charge is 0.233 e. The highest BCUT2D eigenvalue weighted by atomic mass is 32.1. The lowest BCUT2D eigenvalue weighted by atomic mass is 10.0. The summed E-state index contributed by atoms with van der Waals surface area (Å²) in [5.74, 6) is 0.541. The number of nitrogens with zero attached hydrogens (tertiary/aromatic N) is 3. The van der Waals surface area contributed by atoms with Gasteiger partial charge in [0.05, 0.1) is 18.9 Å². The van der Waals surface area contributed by atoms with Crippen LogP contribution >= 0.6 is 11.3 Å². The molecule has 1 aliphatic heterocycles. The third-order valence-electron chi connectivity index (χ3n) is 4.64. The van der Waals surface area contributed by atoms with Crippen LogP contribution in [0.25, 0.3) is 0 Å². The van der Waals surface area contributed by atoms with E-state index in [0.29, 0.717) is 11.9 Å². The second-order valence-electron chi connectivity index (χ2n) is 6.31. The summed E-state index contributed by atoms with van der Waals surface area (Å²) in [6.45, 7) is 1.83. The molecule has 0 aliphatic carbocycles. The largest absolute Gasteiger partial charge is 0.480 e. The quantitative estimate of drug-likeness (QED) is 0.868. The second-order valence-corrected chi connectivity index (χ2v) is 7.29. The average molecular weight is 347 g/mol. The number of rotatable bonds is 6. The minimum absolute atomic E-state index is 0.377. The molecule has 0 saturated carbocycles. The molecule has 0 radical (unpaired) electrons. The molecule has 1 saturated heterocycles. The van der Waals surface area contributed by atoms with Crippen molar-refractivity contribution in [3.05, 3.63) is 40.2 Å². The van der Waals surface area contributed by atoms with Crippen LogP contribution in [0.4, 0.5) is 0 Å². The normalized spacial score (nSPS) is 20.5. The number of methoxy groups -OCH3 is 1. The zero-order chi connectivity index (χ0) is 16.8. The van der Waals surface area contributed by atoms with Gasteiger partial charge in [-0.25, -0.2) is 0 Å². The highest BCUT2D eigenvalue weighted by Gasteiger charge is 2.25. The Morgan fingerprint density at radius 3 is 2.92 bits per heavy atom. The lowest BCUT2D eigenvalue weighted by Gasteiger charge is -2.31. The molecule has 2 atom stereocenters. The molecule has 1 aliphatic rings. The van der Waals surface area contributed by atoms with Crippen LogP contribution in [0.15, 0.2) is 29.6 Å². The maximum atomic E-state index is 10.5. The zero-order valence-electron chi connectivity index (χ0n) is 14.1. The summed E-state index contributed by atoms with van der Waals surface area (Å²) in [6, 6.07) is 8.24. The van der Waals surface area contributed by atoms with Gasteiger partial charge in [-0.1, -0.05) is 18.9 Å². The molecule has 130 valence electrons. The van der Waals surface area contributed by atoms with Crippen molar-refractivity contribution in [2.24, 2.45) is 0 Å². The van der Waals surface area contributed by atoms with Crippen molar-refractivity contribution in [1.82, 2.24) is 15.1 Å². The third-order valence-corrected chi connectivity index (χ3v) is 5.61. The first-order chi connectivity index (χ1) is 11.8. The molecule has 2 unspecified atom stereocenters. The van der Waals surface area contributed by atoms with E-state index in [9.17, 15) is 5.11 Å². The topological polar surface area (TPSA) is 58.5 Å². The molecule has 0 spiro atoms. The third kappa shape index (κ3) is 4.53. The number of aliphatic hydroxyl groups is 1. The SMILES string of the molecule is COc1ccc(CN2CCCCCC2CC(O)c2cccs2)nn1. The van der Waals surface area contributed by atoms with E-state index in [4.69, 9.17) is 4.74 Å². The minimum Gasteiger partial charge on any atom is -0.480 e. The van der Waals surface area contributed by atoms with Gasteiger partial charge in [0, 0.05) is 23.5 Å². The Morgan fingerprint density at radius 1 is 1.29 bits per heavy atom.